The zero-order chi connectivity index (χ0) is 15.4. The molecule has 1 aliphatic rings. The van der Waals surface area contributed by atoms with E-state index in [1.54, 1.807) is 0 Å². The summed E-state index contributed by atoms with van der Waals surface area (Å²) in [7, 11) is 0. The molecule has 21 heavy (non-hydrogen) atoms. The van der Waals surface area contributed by atoms with Crippen molar-refractivity contribution in [2.75, 3.05) is 11.9 Å². The van der Waals surface area contributed by atoms with Crippen molar-refractivity contribution in [3.05, 3.63) is 29.3 Å². The highest BCUT2D eigenvalue weighted by atomic mass is 16.5. The fourth-order valence-electron chi connectivity index (χ4n) is 2.08. The van der Waals surface area contributed by atoms with E-state index in [0.717, 1.165) is 11.1 Å². The molecule has 6 heteroatoms. The van der Waals surface area contributed by atoms with Crippen LogP contribution in [0.25, 0.3) is 0 Å². The number of carbonyl (C=O) groups is 3. The maximum Gasteiger partial charge on any atom is 0.329 e. The molecule has 1 aromatic carbocycles. The van der Waals surface area contributed by atoms with Crippen molar-refractivity contribution in [2.24, 2.45) is 0 Å². The van der Waals surface area contributed by atoms with Crippen molar-refractivity contribution in [1.82, 2.24) is 5.32 Å². The number of nitrogens with one attached hydrogen (secondary N) is 2. The third-order valence-corrected chi connectivity index (χ3v) is 3.29. The number of aryl methyl sites for hydroxylation is 2. The van der Waals surface area contributed by atoms with Crippen LogP contribution in [0.2, 0.25) is 0 Å². The fraction of sp³-hybridized carbons (Fsp3) is 0.400. The Morgan fingerprint density at radius 1 is 1.38 bits per heavy atom. The topological polar surface area (TPSA) is 84.5 Å². The standard InChI is InChI=1S/C15H18N2O4/c1-9-3-4-10(2)12(7-9)17-14(19)8-21-15(20)11-5-6-13(18)16-11/h3-4,7,11H,5-6,8H2,1-2H3,(H,16,18)(H,17,19). The molecule has 0 aliphatic carbocycles. The zero-order valence-electron chi connectivity index (χ0n) is 12.1. The Balaban J connectivity index is 1.83. The molecule has 0 saturated carbocycles. The molecule has 2 amide bonds. The summed E-state index contributed by atoms with van der Waals surface area (Å²) in [6.45, 7) is 3.45. The van der Waals surface area contributed by atoms with Crippen LogP contribution in [-0.2, 0) is 19.1 Å². The van der Waals surface area contributed by atoms with Crippen molar-refractivity contribution >= 4 is 23.5 Å². The van der Waals surface area contributed by atoms with E-state index in [2.05, 4.69) is 10.6 Å². The fourth-order valence-corrected chi connectivity index (χ4v) is 2.08. The lowest BCUT2D eigenvalue weighted by atomic mass is 10.1. The zero-order valence-corrected chi connectivity index (χ0v) is 12.1. The predicted molar refractivity (Wildman–Crippen MR) is 76.7 cm³/mol. The number of amides is 2. The van der Waals surface area contributed by atoms with Gasteiger partial charge in [-0.1, -0.05) is 12.1 Å². The molecule has 6 nitrogen and oxygen atoms in total. The van der Waals surface area contributed by atoms with Gasteiger partial charge in [0.1, 0.15) is 6.04 Å². The molecule has 1 saturated heterocycles. The summed E-state index contributed by atoms with van der Waals surface area (Å²) in [6.07, 6.45) is 0.727. The minimum Gasteiger partial charge on any atom is -0.454 e. The van der Waals surface area contributed by atoms with Crippen molar-refractivity contribution in [3.8, 4) is 0 Å². The van der Waals surface area contributed by atoms with Crippen LogP contribution in [-0.4, -0.2) is 30.4 Å². The first-order valence-electron chi connectivity index (χ1n) is 6.79. The highest BCUT2D eigenvalue weighted by Crippen LogP contribution is 2.16. The largest absolute Gasteiger partial charge is 0.454 e. The van der Waals surface area contributed by atoms with Crippen molar-refractivity contribution in [2.45, 2.75) is 32.7 Å². The Morgan fingerprint density at radius 2 is 2.14 bits per heavy atom. The van der Waals surface area contributed by atoms with Crippen LogP contribution >= 0.6 is 0 Å². The minimum atomic E-state index is -0.633. The summed E-state index contributed by atoms with van der Waals surface area (Å²) in [5.74, 6) is -1.14. The summed E-state index contributed by atoms with van der Waals surface area (Å²) in [4.78, 5) is 34.4. The molecule has 1 heterocycles. The van der Waals surface area contributed by atoms with Gasteiger partial charge in [-0.15, -0.1) is 0 Å². The molecule has 1 fully saturated rings. The molecule has 0 radical (unpaired) electrons. The van der Waals surface area contributed by atoms with Gasteiger partial charge in [-0.3, -0.25) is 9.59 Å². The normalized spacial score (nSPS) is 17.2. The van der Waals surface area contributed by atoms with Gasteiger partial charge in [-0.2, -0.15) is 0 Å². The SMILES string of the molecule is Cc1ccc(C)c(NC(=O)COC(=O)C2CCC(=O)N2)c1. The van der Waals surface area contributed by atoms with Crippen LogP contribution in [0.3, 0.4) is 0 Å². The quantitative estimate of drug-likeness (QED) is 0.812. The molecule has 1 aliphatic heterocycles. The number of esters is 1. The van der Waals surface area contributed by atoms with E-state index in [1.165, 1.54) is 0 Å². The number of benzene rings is 1. The van der Waals surface area contributed by atoms with Gasteiger partial charge in [-0.05, 0) is 37.5 Å². The molecule has 1 atom stereocenters. The second-order valence-corrected chi connectivity index (χ2v) is 5.13. The van der Waals surface area contributed by atoms with E-state index in [0.29, 0.717) is 18.5 Å². The average molecular weight is 290 g/mol. The van der Waals surface area contributed by atoms with Gasteiger partial charge >= 0.3 is 5.97 Å². The maximum absolute atomic E-state index is 11.8. The number of rotatable bonds is 4. The Labute approximate surface area is 122 Å². The summed E-state index contributed by atoms with van der Waals surface area (Å²) < 4.78 is 4.91. The van der Waals surface area contributed by atoms with Crippen molar-refractivity contribution in [3.63, 3.8) is 0 Å². The molecule has 0 aromatic heterocycles. The maximum atomic E-state index is 11.8. The van der Waals surface area contributed by atoms with Crippen LogP contribution in [0.4, 0.5) is 5.69 Å². The van der Waals surface area contributed by atoms with E-state index in [1.807, 2.05) is 32.0 Å². The predicted octanol–water partition coefficient (Wildman–Crippen LogP) is 1.06. The van der Waals surface area contributed by atoms with Gasteiger partial charge in [0, 0.05) is 12.1 Å². The smallest absolute Gasteiger partial charge is 0.329 e. The highest BCUT2D eigenvalue weighted by molar-refractivity contribution is 5.94. The van der Waals surface area contributed by atoms with Gasteiger partial charge in [0.05, 0.1) is 0 Å². The lowest BCUT2D eigenvalue weighted by molar-refractivity contribution is -0.149. The first-order valence-corrected chi connectivity index (χ1v) is 6.79. The molecule has 2 rings (SSSR count). The number of anilines is 1. The van der Waals surface area contributed by atoms with E-state index in [-0.39, 0.29) is 12.5 Å². The molecular weight excluding hydrogens is 272 g/mol. The Kier molecular flexibility index (Phi) is 4.57. The molecule has 1 aromatic rings. The number of carbonyl (C=O) groups excluding carboxylic acids is 3. The summed E-state index contributed by atoms with van der Waals surface area (Å²) in [5, 5.41) is 5.20. The van der Waals surface area contributed by atoms with Gasteiger partial charge in [0.25, 0.3) is 5.91 Å². The van der Waals surface area contributed by atoms with E-state index in [9.17, 15) is 14.4 Å². The summed E-state index contributed by atoms with van der Waals surface area (Å²) >= 11 is 0. The average Bonchev–Trinajstić information content (AvgIpc) is 2.87. The Hall–Kier alpha value is -2.37. The third-order valence-electron chi connectivity index (χ3n) is 3.29. The van der Waals surface area contributed by atoms with Crippen LogP contribution in [0, 0.1) is 13.8 Å². The first-order chi connectivity index (χ1) is 9.95. The monoisotopic (exact) mass is 290 g/mol. The number of ether oxygens (including phenoxy) is 1. The lowest BCUT2D eigenvalue weighted by Crippen LogP contribution is -2.36. The van der Waals surface area contributed by atoms with Gasteiger partial charge in [0.2, 0.25) is 5.91 Å². The van der Waals surface area contributed by atoms with Crippen LogP contribution in [0.15, 0.2) is 18.2 Å². The molecule has 112 valence electrons. The van der Waals surface area contributed by atoms with E-state index in [4.69, 9.17) is 4.74 Å². The van der Waals surface area contributed by atoms with Crippen LogP contribution in [0.1, 0.15) is 24.0 Å². The van der Waals surface area contributed by atoms with E-state index < -0.39 is 17.9 Å². The first kappa shape index (κ1) is 15.0. The second kappa shape index (κ2) is 6.39. The van der Waals surface area contributed by atoms with E-state index >= 15 is 0 Å². The molecule has 0 spiro atoms. The molecular formula is C15H18N2O4. The third kappa shape index (κ3) is 4.05. The van der Waals surface area contributed by atoms with Gasteiger partial charge < -0.3 is 15.4 Å². The molecule has 0 bridgehead atoms. The summed E-state index contributed by atoms with van der Waals surface area (Å²) in [5.41, 5.74) is 2.66. The number of hydrogen-bond acceptors (Lipinski definition) is 4. The molecule has 2 N–H and O–H groups in total. The van der Waals surface area contributed by atoms with Crippen LogP contribution < -0.4 is 10.6 Å². The Morgan fingerprint density at radius 3 is 2.81 bits per heavy atom. The Bertz CT molecular complexity index is 583. The number of hydrogen-bond donors (Lipinski definition) is 2. The minimum absolute atomic E-state index is 0.170. The van der Waals surface area contributed by atoms with Gasteiger partial charge in [-0.25, -0.2) is 4.79 Å². The lowest BCUT2D eigenvalue weighted by Gasteiger charge is -2.12. The highest BCUT2D eigenvalue weighted by Gasteiger charge is 2.28. The summed E-state index contributed by atoms with van der Waals surface area (Å²) in [6, 6.07) is 5.08. The molecule has 1 unspecified atom stereocenters. The van der Waals surface area contributed by atoms with Gasteiger partial charge in [0.15, 0.2) is 6.61 Å². The van der Waals surface area contributed by atoms with Crippen LogP contribution in [0.5, 0.6) is 0 Å². The van der Waals surface area contributed by atoms with Crippen molar-refractivity contribution < 1.29 is 19.1 Å². The second-order valence-electron chi connectivity index (χ2n) is 5.13. The van der Waals surface area contributed by atoms with Crippen molar-refractivity contribution in [1.29, 1.82) is 0 Å².